The molecule has 2 aromatic carbocycles. The molecule has 0 atom stereocenters. The van der Waals surface area contributed by atoms with Gasteiger partial charge in [-0.15, -0.1) is 24.0 Å². The van der Waals surface area contributed by atoms with Crippen LogP contribution < -0.4 is 10.6 Å². The normalized spacial score (nSPS) is 11.1. The fourth-order valence-electron chi connectivity index (χ4n) is 3.12. The fraction of sp³-hybridized carbons (Fsp3) is 0.304. The summed E-state index contributed by atoms with van der Waals surface area (Å²) in [7, 11) is 0. The molecule has 7 heteroatoms. The Balaban J connectivity index is 0.00000320. The molecule has 30 heavy (non-hydrogen) atoms. The topological polar surface area (TPSA) is 54.2 Å². The molecule has 0 aliphatic rings. The number of hydrogen-bond donors (Lipinski definition) is 2. The van der Waals surface area contributed by atoms with Crippen molar-refractivity contribution < 1.29 is 0 Å². The lowest BCUT2D eigenvalue weighted by molar-refractivity contribution is 0.712. The largest absolute Gasteiger partial charge is 0.357 e. The summed E-state index contributed by atoms with van der Waals surface area (Å²) in [6.07, 6.45) is 5.58. The van der Waals surface area contributed by atoms with Crippen LogP contribution in [0.25, 0.3) is 0 Å². The first-order valence-corrected chi connectivity index (χ1v) is 10.4. The van der Waals surface area contributed by atoms with Gasteiger partial charge < -0.3 is 15.2 Å². The SMILES string of the molecule is CCNC(=NCCc1nccn1Cc1ccccc1)NCCc1cccc(Cl)c1.I. The number of nitrogens with zero attached hydrogens (tertiary/aromatic N) is 3. The van der Waals surface area contributed by atoms with Crippen LogP contribution in [-0.4, -0.2) is 35.1 Å². The second kappa shape index (κ2) is 13.3. The van der Waals surface area contributed by atoms with E-state index < -0.39 is 0 Å². The van der Waals surface area contributed by atoms with Crippen LogP contribution in [0.15, 0.2) is 72.0 Å². The number of aliphatic imine (C=N–C) groups is 1. The first kappa shape index (κ1) is 24.2. The summed E-state index contributed by atoms with van der Waals surface area (Å²) in [4.78, 5) is 9.21. The van der Waals surface area contributed by atoms with E-state index in [-0.39, 0.29) is 24.0 Å². The molecule has 160 valence electrons. The molecule has 0 radical (unpaired) electrons. The Kier molecular flexibility index (Phi) is 10.7. The van der Waals surface area contributed by atoms with Crippen molar-refractivity contribution in [3.8, 4) is 0 Å². The quantitative estimate of drug-likeness (QED) is 0.239. The van der Waals surface area contributed by atoms with Crippen molar-refractivity contribution in [3.63, 3.8) is 0 Å². The monoisotopic (exact) mass is 537 g/mol. The van der Waals surface area contributed by atoms with E-state index in [0.29, 0.717) is 6.54 Å². The van der Waals surface area contributed by atoms with Gasteiger partial charge in [0.05, 0.1) is 0 Å². The molecule has 2 N–H and O–H groups in total. The Hall–Kier alpha value is -2.06. The highest BCUT2D eigenvalue weighted by Gasteiger charge is 2.04. The van der Waals surface area contributed by atoms with E-state index in [1.54, 1.807) is 0 Å². The Bertz CT molecular complexity index is 911. The molecule has 3 aromatic rings. The van der Waals surface area contributed by atoms with Crippen LogP contribution in [0.2, 0.25) is 5.02 Å². The van der Waals surface area contributed by atoms with E-state index in [4.69, 9.17) is 16.6 Å². The first-order chi connectivity index (χ1) is 14.2. The standard InChI is InChI=1S/C23H28ClN5.HI/c1-2-25-23(27-13-11-19-9-6-10-21(24)17-19)28-14-12-22-26-15-16-29(22)18-20-7-4-3-5-8-20;/h3-10,15-17H,2,11-14,18H2,1H3,(H2,25,27,28);1H. The molecule has 0 amide bonds. The lowest BCUT2D eigenvalue weighted by atomic mass is 10.1. The summed E-state index contributed by atoms with van der Waals surface area (Å²) in [6.45, 7) is 5.21. The van der Waals surface area contributed by atoms with Crippen molar-refractivity contribution >= 4 is 41.5 Å². The zero-order valence-corrected chi connectivity index (χ0v) is 20.3. The average molecular weight is 538 g/mol. The van der Waals surface area contributed by atoms with Gasteiger partial charge in [-0.25, -0.2) is 4.98 Å². The Morgan fingerprint density at radius 1 is 1.03 bits per heavy atom. The number of imidazole rings is 1. The maximum Gasteiger partial charge on any atom is 0.191 e. The van der Waals surface area contributed by atoms with E-state index in [0.717, 1.165) is 49.3 Å². The van der Waals surface area contributed by atoms with Gasteiger partial charge in [-0.2, -0.15) is 0 Å². The molecule has 0 aliphatic carbocycles. The summed E-state index contributed by atoms with van der Waals surface area (Å²) in [5, 5.41) is 7.46. The van der Waals surface area contributed by atoms with Crippen LogP contribution >= 0.6 is 35.6 Å². The van der Waals surface area contributed by atoms with Crippen LogP contribution in [-0.2, 0) is 19.4 Å². The second-order valence-electron chi connectivity index (χ2n) is 6.77. The molecule has 1 heterocycles. The highest BCUT2D eigenvalue weighted by atomic mass is 127. The van der Waals surface area contributed by atoms with Gasteiger partial charge in [0.25, 0.3) is 0 Å². The van der Waals surface area contributed by atoms with E-state index in [1.807, 2.05) is 36.7 Å². The minimum atomic E-state index is 0. The van der Waals surface area contributed by atoms with Gasteiger partial charge in [0.1, 0.15) is 5.82 Å². The van der Waals surface area contributed by atoms with Crippen LogP contribution in [0.5, 0.6) is 0 Å². The summed E-state index contributed by atoms with van der Waals surface area (Å²) in [5.41, 5.74) is 2.48. The summed E-state index contributed by atoms with van der Waals surface area (Å²) in [5.74, 6) is 1.88. The van der Waals surface area contributed by atoms with Crippen LogP contribution in [0, 0.1) is 0 Å². The summed E-state index contributed by atoms with van der Waals surface area (Å²) >= 11 is 6.05. The third kappa shape index (κ3) is 7.99. The minimum Gasteiger partial charge on any atom is -0.357 e. The maximum atomic E-state index is 6.05. The molecule has 0 spiro atoms. The zero-order chi connectivity index (χ0) is 20.3. The maximum absolute atomic E-state index is 6.05. The van der Waals surface area contributed by atoms with Gasteiger partial charge in [0.2, 0.25) is 0 Å². The van der Waals surface area contributed by atoms with Gasteiger partial charge in [-0.05, 0) is 36.6 Å². The lowest BCUT2D eigenvalue weighted by Crippen LogP contribution is -2.38. The van der Waals surface area contributed by atoms with E-state index in [2.05, 4.69) is 57.4 Å². The number of hydrogen-bond acceptors (Lipinski definition) is 2. The van der Waals surface area contributed by atoms with Gasteiger partial charge in [0.15, 0.2) is 5.96 Å². The molecule has 1 aromatic heterocycles. The van der Waals surface area contributed by atoms with Gasteiger partial charge in [-0.1, -0.05) is 54.1 Å². The number of rotatable bonds is 9. The average Bonchev–Trinajstić information content (AvgIpc) is 3.16. The number of aromatic nitrogens is 2. The predicted octanol–water partition coefficient (Wildman–Crippen LogP) is 4.54. The third-order valence-electron chi connectivity index (χ3n) is 4.54. The number of halogens is 2. The fourth-order valence-corrected chi connectivity index (χ4v) is 3.33. The second-order valence-corrected chi connectivity index (χ2v) is 7.21. The molecule has 0 saturated heterocycles. The van der Waals surface area contributed by atoms with Crippen molar-refractivity contribution in [1.82, 2.24) is 20.2 Å². The van der Waals surface area contributed by atoms with Crippen molar-refractivity contribution in [1.29, 1.82) is 0 Å². The first-order valence-electron chi connectivity index (χ1n) is 10.0. The van der Waals surface area contributed by atoms with Gasteiger partial charge in [0, 0.05) is 50.0 Å². The minimum absolute atomic E-state index is 0. The molecule has 0 unspecified atom stereocenters. The van der Waals surface area contributed by atoms with Crippen LogP contribution in [0.3, 0.4) is 0 Å². The smallest absolute Gasteiger partial charge is 0.191 e. The summed E-state index contributed by atoms with van der Waals surface area (Å²) in [6, 6.07) is 18.4. The molecule has 3 rings (SSSR count). The van der Waals surface area contributed by atoms with Gasteiger partial charge in [-0.3, -0.25) is 4.99 Å². The third-order valence-corrected chi connectivity index (χ3v) is 4.78. The Morgan fingerprint density at radius 2 is 1.83 bits per heavy atom. The Labute approximate surface area is 201 Å². The summed E-state index contributed by atoms with van der Waals surface area (Å²) < 4.78 is 2.18. The van der Waals surface area contributed by atoms with E-state index in [1.165, 1.54) is 11.1 Å². The van der Waals surface area contributed by atoms with Crippen molar-refractivity contribution in [2.45, 2.75) is 26.3 Å². The Morgan fingerprint density at radius 3 is 2.60 bits per heavy atom. The lowest BCUT2D eigenvalue weighted by Gasteiger charge is -2.12. The zero-order valence-electron chi connectivity index (χ0n) is 17.2. The van der Waals surface area contributed by atoms with Crippen LogP contribution in [0.4, 0.5) is 0 Å². The molecule has 0 bridgehead atoms. The molecule has 5 nitrogen and oxygen atoms in total. The molecular formula is C23H29ClIN5. The van der Waals surface area contributed by atoms with E-state index in [9.17, 15) is 0 Å². The number of guanidine groups is 1. The molecular weight excluding hydrogens is 509 g/mol. The number of nitrogens with one attached hydrogen (secondary N) is 2. The van der Waals surface area contributed by atoms with Crippen LogP contribution in [0.1, 0.15) is 23.9 Å². The molecule has 0 aliphatic heterocycles. The highest BCUT2D eigenvalue weighted by Crippen LogP contribution is 2.10. The van der Waals surface area contributed by atoms with Gasteiger partial charge >= 0.3 is 0 Å². The van der Waals surface area contributed by atoms with Crippen molar-refractivity contribution in [2.75, 3.05) is 19.6 Å². The highest BCUT2D eigenvalue weighted by molar-refractivity contribution is 14.0. The molecule has 0 fully saturated rings. The van der Waals surface area contributed by atoms with Crippen molar-refractivity contribution in [2.24, 2.45) is 4.99 Å². The van der Waals surface area contributed by atoms with Crippen molar-refractivity contribution in [3.05, 3.63) is 89.0 Å². The number of benzene rings is 2. The molecule has 0 saturated carbocycles. The van der Waals surface area contributed by atoms with E-state index >= 15 is 0 Å². The predicted molar refractivity (Wildman–Crippen MR) is 136 cm³/mol.